The van der Waals surface area contributed by atoms with Gasteiger partial charge in [0, 0.05) is 15.3 Å². The fourth-order valence-corrected chi connectivity index (χ4v) is 3.26. The van der Waals surface area contributed by atoms with Gasteiger partial charge in [-0.05, 0) is 55.2 Å². The Morgan fingerprint density at radius 3 is 2.76 bits per heavy atom. The van der Waals surface area contributed by atoms with Crippen LogP contribution in [0.4, 0.5) is 5.82 Å². The molecule has 0 amide bonds. The van der Waals surface area contributed by atoms with Gasteiger partial charge >= 0.3 is 0 Å². The van der Waals surface area contributed by atoms with Crippen LogP contribution in [-0.4, -0.2) is 14.5 Å². The lowest BCUT2D eigenvalue weighted by Gasteiger charge is -2.27. The Labute approximate surface area is 114 Å². The minimum atomic E-state index is 0.114. The van der Waals surface area contributed by atoms with E-state index in [4.69, 9.17) is 5.73 Å². The highest BCUT2D eigenvalue weighted by Gasteiger charge is 2.40. The normalized spacial score (nSPS) is 16.6. The molecule has 1 saturated carbocycles. The molecule has 0 aromatic carbocycles. The predicted octanol–water partition coefficient (Wildman–Crippen LogP) is 2.76. The second-order valence-corrected chi connectivity index (χ2v) is 6.39. The van der Waals surface area contributed by atoms with Crippen molar-refractivity contribution in [1.29, 1.82) is 0 Å². The lowest BCUT2D eigenvalue weighted by atomic mass is 9.98. The van der Waals surface area contributed by atoms with E-state index in [9.17, 15) is 0 Å². The van der Waals surface area contributed by atoms with Crippen LogP contribution in [0.3, 0.4) is 0 Å². The maximum absolute atomic E-state index is 5.94. The number of nitrogens with zero attached hydrogens (tertiary/aromatic N) is 3. The van der Waals surface area contributed by atoms with Gasteiger partial charge in [-0.1, -0.05) is 0 Å². The van der Waals surface area contributed by atoms with E-state index < -0.39 is 0 Å². The summed E-state index contributed by atoms with van der Waals surface area (Å²) in [5, 5.41) is 0.988. The molecule has 2 aromatic rings. The summed E-state index contributed by atoms with van der Waals surface area (Å²) in [5.74, 6) is 1.33. The molecule has 1 aliphatic rings. The van der Waals surface area contributed by atoms with E-state index in [2.05, 4.69) is 57.2 Å². The SMILES string of the molecule is CC(C)(C1CC1)n1cc(I)c2c(N)ncnc21. The van der Waals surface area contributed by atoms with Crippen LogP contribution in [0.5, 0.6) is 0 Å². The Hall–Kier alpha value is -0.850. The maximum atomic E-state index is 5.94. The zero-order valence-corrected chi connectivity index (χ0v) is 12.1. The van der Waals surface area contributed by atoms with Crippen molar-refractivity contribution in [3.05, 3.63) is 16.1 Å². The summed E-state index contributed by atoms with van der Waals surface area (Å²) in [6.07, 6.45) is 6.31. The molecule has 0 bridgehead atoms. The van der Waals surface area contributed by atoms with Gasteiger partial charge in [0.1, 0.15) is 17.8 Å². The lowest BCUT2D eigenvalue weighted by Crippen LogP contribution is -2.28. The third kappa shape index (κ3) is 1.63. The van der Waals surface area contributed by atoms with Crippen LogP contribution < -0.4 is 5.73 Å². The molecule has 3 rings (SSSR count). The molecule has 0 saturated heterocycles. The van der Waals surface area contributed by atoms with E-state index in [1.807, 2.05) is 0 Å². The van der Waals surface area contributed by atoms with Gasteiger partial charge in [0.2, 0.25) is 0 Å². The summed E-state index contributed by atoms with van der Waals surface area (Å²) in [4.78, 5) is 8.48. The largest absolute Gasteiger partial charge is 0.383 e. The fraction of sp³-hybridized carbons (Fsp3) is 0.500. The van der Waals surface area contributed by atoms with Crippen LogP contribution in [0.2, 0.25) is 0 Å². The fourth-order valence-electron chi connectivity index (χ4n) is 2.47. The minimum absolute atomic E-state index is 0.114. The molecule has 2 N–H and O–H groups in total. The Bertz CT molecular complexity index is 583. The number of nitrogens with two attached hydrogens (primary N) is 1. The third-order valence-corrected chi connectivity index (χ3v) is 4.58. The van der Waals surface area contributed by atoms with Gasteiger partial charge in [0.25, 0.3) is 0 Å². The Balaban J connectivity index is 2.27. The first-order chi connectivity index (χ1) is 8.01. The van der Waals surface area contributed by atoms with Crippen LogP contribution in [0.15, 0.2) is 12.5 Å². The maximum Gasteiger partial charge on any atom is 0.147 e. The van der Waals surface area contributed by atoms with Gasteiger partial charge in [-0.3, -0.25) is 0 Å². The number of hydrogen-bond acceptors (Lipinski definition) is 3. The van der Waals surface area contributed by atoms with Crippen molar-refractivity contribution in [2.45, 2.75) is 32.2 Å². The van der Waals surface area contributed by atoms with Crippen LogP contribution in [0.25, 0.3) is 11.0 Å². The number of fused-ring (bicyclic) bond motifs is 1. The number of anilines is 1. The van der Waals surface area contributed by atoms with Crippen LogP contribution in [0, 0.1) is 9.49 Å². The highest BCUT2D eigenvalue weighted by Crippen LogP contribution is 2.45. The average molecular weight is 342 g/mol. The zero-order valence-electron chi connectivity index (χ0n) is 9.94. The summed E-state index contributed by atoms with van der Waals surface area (Å²) in [6, 6.07) is 0. The Kier molecular flexibility index (Phi) is 2.36. The first-order valence-corrected chi connectivity index (χ1v) is 6.87. The predicted molar refractivity (Wildman–Crippen MR) is 76.7 cm³/mol. The second-order valence-electron chi connectivity index (χ2n) is 5.23. The molecule has 2 aromatic heterocycles. The van der Waals surface area contributed by atoms with E-state index in [0.29, 0.717) is 5.82 Å². The first-order valence-electron chi connectivity index (χ1n) is 5.79. The summed E-state index contributed by atoms with van der Waals surface area (Å²) in [7, 11) is 0. The van der Waals surface area contributed by atoms with E-state index in [0.717, 1.165) is 20.5 Å². The number of halogens is 1. The van der Waals surface area contributed by atoms with Crippen molar-refractivity contribution in [1.82, 2.24) is 14.5 Å². The topological polar surface area (TPSA) is 56.7 Å². The molecule has 2 heterocycles. The van der Waals surface area contributed by atoms with E-state index in [1.54, 1.807) is 6.33 Å². The monoisotopic (exact) mass is 342 g/mol. The van der Waals surface area contributed by atoms with Gasteiger partial charge in [-0.25, -0.2) is 9.97 Å². The third-order valence-electron chi connectivity index (χ3n) is 3.76. The molecule has 5 heteroatoms. The van der Waals surface area contributed by atoms with Crippen molar-refractivity contribution in [3.63, 3.8) is 0 Å². The zero-order chi connectivity index (χ0) is 12.2. The van der Waals surface area contributed by atoms with Crippen molar-refractivity contribution >= 4 is 39.4 Å². The Morgan fingerprint density at radius 1 is 1.41 bits per heavy atom. The smallest absolute Gasteiger partial charge is 0.147 e. The molecular formula is C12H15IN4. The molecule has 0 radical (unpaired) electrons. The molecule has 4 nitrogen and oxygen atoms in total. The molecule has 1 fully saturated rings. The highest BCUT2D eigenvalue weighted by atomic mass is 127. The van der Waals surface area contributed by atoms with Crippen molar-refractivity contribution in [3.8, 4) is 0 Å². The molecular weight excluding hydrogens is 327 g/mol. The quantitative estimate of drug-likeness (QED) is 0.854. The average Bonchev–Trinajstić information content (AvgIpc) is 3.05. The summed E-state index contributed by atoms with van der Waals surface area (Å²) in [5.41, 5.74) is 7.01. The first kappa shape index (κ1) is 11.3. The standard InChI is InChI=1S/C12H15IN4/c1-12(2,7-3-4-7)17-5-8(13)9-10(14)15-6-16-11(9)17/h5-7H,3-4H2,1-2H3,(H2,14,15,16). The van der Waals surface area contributed by atoms with Crippen molar-refractivity contribution in [2.24, 2.45) is 5.92 Å². The molecule has 0 unspecified atom stereocenters. The van der Waals surface area contributed by atoms with Gasteiger partial charge < -0.3 is 10.3 Å². The number of rotatable bonds is 2. The summed E-state index contributed by atoms with van der Waals surface area (Å²) in [6.45, 7) is 4.55. The summed E-state index contributed by atoms with van der Waals surface area (Å²) < 4.78 is 3.39. The van der Waals surface area contributed by atoms with Crippen molar-refractivity contribution < 1.29 is 0 Å². The van der Waals surface area contributed by atoms with E-state index in [-0.39, 0.29) is 5.54 Å². The molecule has 17 heavy (non-hydrogen) atoms. The molecule has 0 spiro atoms. The van der Waals surface area contributed by atoms with Gasteiger partial charge in [0.05, 0.1) is 5.39 Å². The highest BCUT2D eigenvalue weighted by molar-refractivity contribution is 14.1. The lowest BCUT2D eigenvalue weighted by molar-refractivity contribution is 0.313. The van der Waals surface area contributed by atoms with Gasteiger partial charge in [-0.2, -0.15) is 0 Å². The van der Waals surface area contributed by atoms with Crippen molar-refractivity contribution in [2.75, 3.05) is 5.73 Å². The van der Waals surface area contributed by atoms with E-state index >= 15 is 0 Å². The second kappa shape index (κ2) is 3.57. The molecule has 0 aliphatic heterocycles. The minimum Gasteiger partial charge on any atom is -0.383 e. The summed E-state index contributed by atoms with van der Waals surface area (Å²) >= 11 is 2.31. The number of nitrogen functional groups attached to an aromatic ring is 1. The number of aromatic nitrogens is 3. The van der Waals surface area contributed by atoms with E-state index in [1.165, 1.54) is 12.8 Å². The van der Waals surface area contributed by atoms with Gasteiger partial charge in [0.15, 0.2) is 0 Å². The van der Waals surface area contributed by atoms with Crippen LogP contribution >= 0.6 is 22.6 Å². The molecule has 1 aliphatic carbocycles. The molecule has 90 valence electrons. The molecule has 0 atom stereocenters. The van der Waals surface area contributed by atoms with Gasteiger partial charge in [-0.15, -0.1) is 0 Å². The van der Waals surface area contributed by atoms with Crippen LogP contribution in [0.1, 0.15) is 26.7 Å². The van der Waals surface area contributed by atoms with Crippen LogP contribution in [-0.2, 0) is 5.54 Å². The number of hydrogen-bond donors (Lipinski definition) is 1. The Morgan fingerprint density at radius 2 is 2.12 bits per heavy atom.